The number of hydrogen-bond donors (Lipinski definition) is 4. The zero-order chi connectivity index (χ0) is 24.6. The number of nitrogens with one attached hydrogen (secondary N) is 3. The molecule has 0 aliphatic heterocycles. The molecule has 4 N–H and O–H groups in total. The first-order valence-corrected chi connectivity index (χ1v) is 10.3. The summed E-state index contributed by atoms with van der Waals surface area (Å²) in [5.74, 6) is 0.791. The highest BCUT2D eigenvalue weighted by atomic mass is 16.6. The summed E-state index contributed by atoms with van der Waals surface area (Å²) in [6.45, 7) is 0. The van der Waals surface area contributed by atoms with E-state index in [4.69, 9.17) is 4.74 Å². The summed E-state index contributed by atoms with van der Waals surface area (Å²) < 4.78 is 5.17. The summed E-state index contributed by atoms with van der Waals surface area (Å²) in [5.41, 5.74) is 3.89. The molecule has 1 heterocycles. The molecule has 12 nitrogen and oxygen atoms in total. The highest BCUT2D eigenvalue weighted by molar-refractivity contribution is 5.86. The van der Waals surface area contributed by atoms with E-state index in [0.717, 1.165) is 11.4 Å². The van der Waals surface area contributed by atoms with Gasteiger partial charge in [-0.15, -0.1) is 0 Å². The molecule has 3 aromatic carbocycles. The number of ether oxygens (including phenoxy) is 1. The zero-order valence-electron chi connectivity index (χ0n) is 18.4. The van der Waals surface area contributed by atoms with Crippen molar-refractivity contribution in [3.05, 3.63) is 88.5 Å². The minimum atomic E-state index is -0.676. The van der Waals surface area contributed by atoms with Gasteiger partial charge in [-0.2, -0.15) is 20.1 Å². The van der Waals surface area contributed by atoms with Crippen LogP contribution in [0, 0.1) is 10.1 Å². The van der Waals surface area contributed by atoms with Crippen LogP contribution < -0.4 is 20.8 Å². The number of para-hydroxylation sites is 2. The van der Waals surface area contributed by atoms with Gasteiger partial charge in [0.05, 0.1) is 18.2 Å². The molecule has 0 aliphatic rings. The van der Waals surface area contributed by atoms with Gasteiger partial charge in [-0.1, -0.05) is 24.3 Å². The predicted molar refractivity (Wildman–Crippen MR) is 132 cm³/mol. The van der Waals surface area contributed by atoms with E-state index in [-0.39, 0.29) is 23.4 Å². The van der Waals surface area contributed by atoms with Gasteiger partial charge < -0.3 is 20.5 Å². The van der Waals surface area contributed by atoms with Crippen LogP contribution in [-0.2, 0) is 0 Å². The van der Waals surface area contributed by atoms with Crippen molar-refractivity contribution in [2.45, 2.75) is 0 Å². The van der Waals surface area contributed by atoms with Gasteiger partial charge in [0.1, 0.15) is 5.75 Å². The molecule has 0 fully saturated rings. The first kappa shape index (κ1) is 22.9. The minimum Gasteiger partial charge on any atom is -0.502 e. The van der Waals surface area contributed by atoms with Crippen LogP contribution in [0.2, 0.25) is 0 Å². The van der Waals surface area contributed by atoms with E-state index < -0.39 is 16.4 Å². The average molecular weight is 472 g/mol. The average Bonchev–Trinajstić information content (AvgIpc) is 2.86. The number of nitro benzene ring substituents is 1. The lowest BCUT2D eigenvalue weighted by Crippen LogP contribution is -2.07. The summed E-state index contributed by atoms with van der Waals surface area (Å²) in [6.07, 6.45) is 1.23. The summed E-state index contributed by atoms with van der Waals surface area (Å²) in [7, 11) is 1.59. The molecule has 0 saturated carbocycles. The van der Waals surface area contributed by atoms with Gasteiger partial charge in [-0.25, -0.2) is 5.43 Å². The van der Waals surface area contributed by atoms with Crippen LogP contribution >= 0.6 is 0 Å². The Balaban J connectivity index is 1.59. The molecule has 0 unspecified atom stereocenters. The molecular formula is C23H20N8O4. The third-order valence-corrected chi connectivity index (χ3v) is 4.62. The number of methoxy groups -OCH3 is 1. The molecule has 0 radical (unpaired) electrons. The van der Waals surface area contributed by atoms with Gasteiger partial charge in [0.2, 0.25) is 23.6 Å². The number of aromatic hydroxyl groups is 1. The molecule has 35 heavy (non-hydrogen) atoms. The van der Waals surface area contributed by atoms with E-state index in [1.807, 2.05) is 42.5 Å². The maximum absolute atomic E-state index is 11.0. The normalized spacial score (nSPS) is 10.7. The number of benzene rings is 3. The second-order valence-corrected chi connectivity index (χ2v) is 6.99. The van der Waals surface area contributed by atoms with E-state index >= 15 is 0 Å². The first-order chi connectivity index (χ1) is 17.0. The molecule has 0 atom stereocenters. The Morgan fingerprint density at radius 3 is 2.14 bits per heavy atom. The molecule has 12 heteroatoms. The number of rotatable bonds is 9. The van der Waals surface area contributed by atoms with Crippen LogP contribution in [0.3, 0.4) is 0 Å². The van der Waals surface area contributed by atoms with Crippen molar-refractivity contribution in [1.29, 1.82) is 0 Å². The fraction of sp³-hybridized carbons (Fsp3) is 0.0435. The van der Waals surface area contributed by atoms with Crippen LogP contribution in [0.4, 0.5) is 34.9 Å². The van der Waals surface area contributed by atoms with Gasteiger partial charge in [-0.3, -0.25) is 10.1 Å². The second kappa shape index (κ2) is 10.6. The molecule has 4 aromatic rings. The third-order valence-electron chi connectivity index (χ3n) is 4.62. The lowest BCUT2D eigenvalue weighted by atomic mass is 10.2. The Hall–Kier alpha value is -5.26. The van der Waals surface area contributed by atoms with E-state index in [9.17, 15) is 15.2 Å². The number of phenols is 1. The monoisotopic (exact) mass is 472 g/mol. The van der Waals surface area contributed by atoms with Gasteiger partial charge in [-0.05, 0) is 42.5 Å². The number of nitrogens with zero attached hydrogens (tertiary/aromatic N) is 5. The molecule has 0 aliphatic carbocycles. The van der Waals surface area contributed by atoms with Gasteiger partial charge >= 0.3 is 5.69 Å². The van der Waals surface area contributed by atoms with Crippen molar-refractivity contribution < 1.29 is 14.8 Å². The smallest absolute Gasteiger partial charge is 0.311 e. The second-order valence-electron chi connectivity index (χ2n) is 6.99. The van der Waals surface area contributed by atoms with Gasteiger partial charge in [0.25, 0.3) is 0 Å². The van der Waals surface area contributed by atoms with E-state index in [1.54, 1.807) is 19.2 Å². The van der Waals surface area contributed by atoms with Crippen molar-refractivity contribution in [2.24, 2.45) is 5.10 Å². The Labute approximate surface area is 199 Å². The molecule has 0 saturated heterocycles. The number of phenolic OH excluding ortho intramolecular Hbond substituents is 1. The van der Waals surface area contributed by atoms with Crippen molar-refractivity contribution in [1.82, 2.24) is 15.0 Å². The van der Waals surface area contributed by atoms with Crippen molar-refractivity contribution in [3.63, 3.8) is 0 Å². The van der Waals surface area contributed by atoms with Crippen LogP contribution in [-0.4, -0.2) is 38.3 Å². The molecular weight excluding hydrogens is 452 g/mol. The van der Waals surface area contributed by atoms with Crippen molar-refractivity contribution in [2.75, 3.05) is 23.2 Å². The van der Waals surface area contributed by atoms with Gasteiger partial charge in [0.15, 0.2) is 0 Å². The molecule has 4 rings (SSSR count). The Bertz CT molecular complexity index is 1350. The topological polar surface area (TPSA) is 160 Å². The van der Waals surface area contributed by atoms with Crippen LogP contribution in [0.5, 0.6) is 11.5 Å². The predicted octanol–water partition coefficient (Wildman–Crippen LogP) is 4.43. The van der Waals surface area contributed by atoms with Crippen LogP contribution in [0.15, 0.2) is 77.9 Å². The van der Waals surface area contributed by atoms with Crippen molar-refractivity contribution in [3.8, 4) is 11.5 Å². The fourth-order valence-electron chi connectivity index (χ4n) is 2.95. The molecule has 0 spiro atoms. The highest BCUT2D eigenvalue weighted by Gasteiger charge is 2.15. The standard InChI is InChI=1S/C23H20N8O4/c1-35-18-12-10-17(11-13-18)26-22-27-21(25-16-7-3-2-4-8-16)28-23(29-22)30-24-14-15-6-5-9-19(20(15)32)31(33)34/h2-14,32H,1H3,(H3,25,26,27,28,29,30)/b24-14+. The SMILES string of the molecule is COc1ccc(Nc2nc(N/N=C/c3cccc([N+](=O)[O-])c3O)nc(Nc3ccccc3)n2)cc1. The highest BCUT2D eigenvalue weighted by Crippen LogP contribution is 2.28. The van der Waals surface area contributed by atoms with Gasteiger partial charge in [0, 0.05) is 23.0 Å². The lowest BCUT2D eigenvalue weighted by molar-refractivity contribution is -0.385. The summed E-state index contributed by atoms with van der Waals surface area (Å²) in [5, 5.41) is 31.3. The number of anilines is 5. The Morgan fingerprint density at radius 1 is 0.886 bits per heavy atom. The summed E-state index contributed by atoms with van der Waals surface area (Å²) in [4.78, 5) is 23.4. The molecule has 1 aromatic heterocycles. The Kier molecular flexibility index (Phi) is 6.92. The number of nitro groups is 1. The molecule has 176 valence electrons. The largest absolute Gasteiger partial charge is 0.502 e. The molecule has 0 bridgehead atoms. The third kappa shape index (κ3) is 5.96. The summed E-state index contributed by atoms with van der Waals surface area (Å²) >= 11 is 0. The fourth-order valence-corrected chi connectivity index (χ4v) is 2.95. The minimum absolute atomic E-state index is 0.0932. The van der Waals surface area contributed by atoms with E-state index in [0.29, 0.717) is 5.75 Å². The lowest BCUT2D eigenvalue weighted by Gasteiger charge is -2.10. The number of hydrazone groups is 1. The van der Waals surface area contributed by atoms with Crippen LogP contribution in [0.1, 0.15) is 5.56 Å². The number of hydrogen-bond acceptors (Lipinski definition) is 11. The van der Waals surface area contributed by atoms with E-state index in [1.165, 1.54) is 24.4 Å². The molecule has 0 amide bonds. The first-order valence-electron chi connectivity index (χ1n) is 10.3. The summed E-state index contributed by atoms with van der Waals surface area (Å²) in [6, 6.07) is 20.7. The maximum atomic E-state index is 11.0. The number of aromatic nitrogens is 3. The Morgan fingerprint density at radius 2 is 1.51 bits per heavy atom. The maximum Gasteiger partial charge on any atom is 0.311 e. The van der Waals surface area contributed by atoms with Crippen LogP contribution in [0.25, 0.3) is 0 Å². The zero-order valence-corrected chi connectivity index (χ0v) is 18.4. The quantitative estimate of drug-likeness (QED) is 0.156. The van der Waals surface area contributed by atoms with E-state index in [2.05, 4.69) is 36.1 Å². The van der Waals surface area contributed by atoms with Crippen molar-refractivity contribution >= 4 is 41.1 Å².